The van der Waals surface area contributed by atoms with Crippen LogP contribution in [0.2, 0.25) is 0 Å². The standard InChI is InChI=1S/C24H30N2O7S/c1-31-21-11-4-5-12-22(21)32-16-13-24(28)33-18-23(27)25-19-9-8-10-20(17-19)34(29,30)26-14-6-2-3-7-15-26/h4-5,8-12,17H,2-3,6-7,13-16,18H2,1H3,(H,25,27). The van der Waals surface area contributed by atoms with Crippen LogP contribution in [0, 0.1) is 0 Å². The van der Waals surface area contributed by atoms with E-state index in [-0.39, 0.29) is 17.9 Å². The lowest BCUT2D eigenvalue weighted by Gasteiger charge is -2.20. The maximum absolute atomic E-state index is 13.0. The second-order valence-corrected chi connectivity index (χ2v) is 9.74. The maximum atomic E-state index is 13.0. The zero-order valence-electron chi connectivity index (χ0n) is 19.2. The first-order valence-corrected chi connectivity index (χ1v) is 12.7. The van der Waals surface area contributed by atoms with E-state index in [4.69, 9.17) is 14.2 Å². The highest BCUT2D eigenvalue weighted by Gasteiger charge is 2.25. The largest absolute Gasteiger partial charge is 0.493 e. The Morgan fingerprint density at radius 2 is 1.68 bits per heavy atom. The molecule has 0 bridgehead atoms. The van der Waals surface area contributed by atoms with Crippen LogP contribution in [0.15, 0.2) is 53.4 Å². The molecule has 0 saturated carbocycles. The lowest BCUT2D eigenvalue weighted by molar-refractivity contribution is -0.147. The first-order chi connectivity index (χ1) is 16.4. The van der Waals surface area contributed by atoms with E-state index in [9.17, 15) is 18.0 Å². The van der Waals surface area contributed by atoms with Gasteiger partial charge >= 0.3 is 5.97 Å². The van der Waals surface area contributed by atoms with Crippen LogP contribution in [0.4, 0.5) is 5.69 Å². The zero-order valence-corrected chi connectivity index (χ0v) is 20.0. The Morgan fingerprint density at radius 1 is 0.971 bits per heavy atom. The van der Waals surface area contributed by atoms with Gasteiger partial charge in [-0.2, -0.15) is 4.31 Å². The number of amides is 1. The smallest absolute Gasteiger partial charge is 0.309 e. The van der Waals surface area contributed by atoms with E-state index in [2.05, 4.69) is 5.32 Å². The Bertz CT molecular complexity index is 1080. The van der Waals surface area contributed by atoms with Gasteiger partial charge in [-0.3, -0.25) is 9.59 Å². The average Bonchev–Trinajstić information content (AvgIpc) is 3.14. The van der Waals surface area contributed by atoms with Gasteiger partial charge in [0.1, 0.15) is 0 Å². The van der Waals surface area contributed by atoms with Crippen molar-refractivity contribution in [3.63, 3.8) is 0 Å². The van der Waals surface area contributed by atoms with Crippen molar-refractivity contribution in [2.45, 2.75) is 37.0 Å². The molecule has 1 aliphatic heterocycles. The summed E-state index contributed by atoms with van der Waals surface area (Å²) in [6, 6.07) is 13.1. The first-order valence-electron chi connectivity index (χ1n) is 11.2. The summed E-state index contributed by atoms with van der Waals surface area (Å²) in [4.78, 5) is 24.3. The number of methoxy groups -OCH3 is 1. The number of rotatable bonds is 10. The van der Waals surface area contributed by atoms with Gasteiger partial charge in [-0.15, -0.1) is 0 Å². The third-order valence-corrected chi connectivity index (χ3v) is 7.21. The molecular formula is C24H30N2O7S. The van der Waals surface area contributed by atoms with Gasteiger partial charge in [0, 0.05) is 18.8 Å². The van der Waals surface area contributed by atoms with Crippen molar-refractivity contribution in [2.24, 2.45) is 0 Å². The van der Waals surface area contributed by atoms with Crippen molar-refractivity contribution in [1.29, 1.82) is 0 Å². The Kier molecular flexibility index (Phi) is 9.29. The molecule has 3 rings (SSSR count). The molecule has 1 fully saturated rings. The third kappa shape index (κ3) is 7.19. The lowest BCUT2D eigenvalue weighted by atomic mass is 10.2. The topological polar surface area (TPSA) is 111 Å². The summed E-state index contributed by atoms with van der Waals surface area (Å²) in [5.74, 6) is -0.105. The molecule has 0 aromatic heterocycles. The molecule has 184 valence electrons. The SMILES string of the molecule is COc1ccccc1OCCC(=O)OCC(=O)Nc1cccc(S(=O)(=O)N2CCCCCC2)c1. The van der Waals surface area contributed by atoms with Crippen LogP contribution in [0.5, 0.6) is 11.5 Å². The Labute approximate surface area is 200 Å². The van der Waals surface area contributed by atoms with Crippen molar-refractivity contribution < 1.29 is 32.2 Å². The van der Waals surface area contributed by atoms with Crippen molar-refractivity contribution >= 4 is 27.6 Å². The van der Waals surface area contributed by atoms with Crippen LogP contribution in [0.25, 0.3) is 0 Å². The number of nitrogens with zero attached hydrogens (tertiary/aromatic N) is 1. The number of hydrogen-bond donors (Lipinski definition) is 1. The summed E-state index contributed by atoms with van der Waals surface area (Å²) in [6.45, 7) is 0.569. The van der Waals surface area contributed by atoms with Crippen LogP contribution < -0.4 is 14.8 Å². The highest BCUT2D eigenvalue weighted by Crippen LogP contribution is 2.26. The number of benzene rings is 2. The summed E-state index contributed by atoms with van der Waals surface area (Å²) in [5.41, 5.74) is 0.316. The molecule has 9 nitrogen and oxygen atoms in total. The number of anilines is 1. The van der Waals surface area contributed by atoms with Crippen LogP contribution >= 0.6 is 0 Å². The summed E-state index contributed by atoms with van der Waals surface area (Å²) < 4.78 is 43.1. The Hall–Kier alpha value is -3.11. The predicted molar refractivity (Wildman–Crippen MR) is 126 cm³/mol. The maximum Gasteiger partial charge on any atom is 0.309 e. The van der Waals surface area contributed by atoms with E-state index in [1.165, 1.54) is 23.5 Å². The van der Waals surface area contributed by atoms with Gasteiger partial charge in [0.15, 0.2) is 18.1 Å². The Morgan fingerprint density at radius 3 is 2.38 bits per heavy atom. The summed E-state index contributed by atoms with van der Waals surface area (Å²) in [7, 11) is -2.11. The molecule has 1 saturated heterocycles. The monoisotopic (exact) mass is 490 g/mol. The van der Waals surface area contributed by atoms with Crippen molar-refractivity contribution in [1.82, 2.24) is 4.31 Å². The van der Waals surface area contributed by atoms with E-state index in [1.54, 1.807) is 36.4 Å². The number of nitrogens with one attached hydrogen (secondary N) is 1. The van der Waals surface area contributed by atoms with E-state index < -0.39 is 28.5 Å². The third-order valence-electron chi connectivity index (χ3n) is 5.32. The molecule has 0 atom stereocenters. The molecule has 2 aromatic carbocycles. The molecule has 1 amide bonds. The van der Waals surface area contributed by atoms with E-state index in [0.717, 1.165) is 25.7 Å². The molecule has 1 aliphatic rings. The highest BCUT2D eigenvalue weighted by atomic mass is 32.2. The molecule has 0 aliphatic carbocycles. The van der Waals surface area contributed by atoms with Crippen LogP contribution in [0.3, 0.4) is 0 Å². The van der Waals surface area contributed by atoms with Gasteiger partial charge in [0.2, 0.25) is 10.0 Å². The number of carbonyl (C=O) groups is 2. The van der Waals surface area contributed by atoms with E-state index >= 15 is 0 Å². The highest BCUT2D eigenvalue weighted by molar-refractivity contribution is 7.89. The number of para-hydroxylation sites is 2. The fourth-order valence-electron chi connectivity index (χ4n) is 3.56. The lowest BCUT2D eigenvalue weighted by Crippen LogP contribution is -2.32. The van der Waals surface area contributed by atoms with E-state index in [1.807, 2.05) is 0 Å². The molecule has 10 heteroatoms. The predicted octanol–water partition coefficient (Wildman–Crippen LogP) is 3.21. The van der Waals surface area contributed by atoms with E-state index in [0.29, 0.717) is 30.3 Å². The fraction of sp³-hybridized carbons (Fsp3) is 0.417. The molecule has 34 heavy (non-hydrogen) atoms. The minimum atomic E-state index is -3.63. The molecule has 1 N–H and O–H groups in total. The number of hydrogen-bond acceptors (Lipinski definition) is 7. The molecule has 2 aromatic rings. The van der Waals surface area contributed by atoms with Crippen molar-refractivity contribution in [3.05, 3.63) is 48.5 Å². The minimum Gasteiger partial charge on any atom is -0.493 e. The average molecular weight is 491 g/mol. The molecule has 0 spiro atoms. The first kappa shape index (κ1) is 25.5. The van der Waals surface area contributed by atoms with Gasteiger partial charge in [0.25, 0.3) is 5.91 Å². The normalized spacial score (nSPS) is 14.6. The fourth-order valence-corrected chi connectivity index (χ4v) is 5.13. The summed E-state index contributed by atoms with van der Waals surface area (Å²) >= 11 is 0. The van der Waals surface area contributed by atoms with Gasteiger partial charge in [0.05, 0.1) is 25.0 Å². The minimum absolute atomic E-state index is 0.0467. The number of carbonyl (C=O) groups excluding carboxylic acids is 2. The second-order valence-electron chi connectivity index (χ2n) is 7.80. The molecule has 0 unspecified atom stereocenters. The quantitative estimate of drug-likeness (QED) is 0.509. The zero-order chi connectivity index (χ0) is 24.4. The summed E-state index contributed by atoms with van der Waals surface area (Å²) in [6.07, 6.45) is 3.67. The summed E-state index contributed by atoms with van der Waals surface area (Å²) in [5, 5.41) is 2.58. The van der Waals surface area contributed by atoms with Crippen LogP contribution in [-0.4, -0.2) is 58.0 Å². The second kappa shape index (κ2) is 12.4. The van der Waals surface area contributed by atoms with Crippen molar-refractivity contribution in [2.75, 3.05) is 38.7 Å². The van der Waals surface area contributed by atoms with Gasteiger partial charge in [-0.1, -0.05) is 31.0 Å². The number of esters is 1. The van der Waals surface area contributed by atoms with Crippen molar-refractivity contribution in [3.8, 4) is 11.5 Å². The van der Waals surface area contributed by atoms with Gasteiger partial charge in [-0.25, -0.2) is 8.42 Å². The van der Waals surface area contributed by atoms with Crippen LogP contribution in [-0.2, 0) is 24.3 Å². The number of sulfonamides is 1. The molecular weight excluding hydrogens is 460 g/mol. The Balaban J connectivity index is 1.47. The molecule has 0 radical (unpaired) electrons. The van der Waals surface area contributed by atoms with Crippen LogP contribution in [0.1, 0.15) is 32.1 Å². The number of ether oxygens (including phenoxy) is 3. The molecule has 1 heterocycles. The van der Waals surface area contributed by atoms with Gasteiger partial charge in [-0.05, 0) is 43.2 Å². The van der Waals surface area contributed by atoms with Gasteiger partial charge < -0.3 is 19.5 Å².